The van der Waals surface area contributed by atoms with Crippen LogP contribution in [0, 0.1) is 22.7 Å². The van der Waals surface area contributed by atoms with Crippen LogP contribution in [0.15, 0.2) is 47.4 Å². The molecule has 1 aromatic heterocycles. The van der Waals surface area contributed by atoms with E-state index in [9.17, 15) is 5.11 Å². The quantitative estimate of drug-likeness (QED) is 0.627. The summed E-state index contributed by atoms with van der Waals surface area (Å²) in [6, 6.07) is 13.3. The normalized spacial score (nSPS) is 12.4. The van der Waals surface area contributed by atoms with Crippen molar-refractivity contribution < 1.29 is 9.52 Å². The molecule has 0 bridgehead atoms. The molecular weight excluding hydrogens is 390 g/mol. The van der Waals surface area contributed by atoms with Crippen molar-refractivity contribution in [3.05, 3.63) is 70.6 Å². The predicted octanol–water partition coefficient (Wildman–Crippen LogP) is 4.31. The summed E-state index contributed by atoms with van der Waals surface area (Å²) in [5, 5.41) is 39.8. The number of aromatic nitrogens is 2. The first kappa shape index (κ1) is 20.1. The molecule has 0 radical (unpaired) electrons. The van der Waals surface area contributed by atoms with Crippen molar-refractivity contribution in [3.8, 4) is 23.6 Å². The van der Waals surface area contributed by atoms with Crippen LogP contribution in [0.5, 0.6) is 0 Å². The van der Waals surface area contributed by atoms with Crippen molar-refractivity contribution in [3.63, 3.8) is 0 Å². The molecule has 0 saturated heterocycles. The molecule has 8 heteroatoms. The van der Waals surface area contributed by atoms with Crippen LogP contribution in [-0.2, 0) is 0 Å². The van der Waals surface area contributed by atoms with Gasteiger partial charge in [-0.05, 0) is 43.3 Å². The highest BCUT2D eigenvalue weighted by atomic mass is 35.5. The fraction of sp³-hybridized carbons (Fsp3) is 0.143. The zero-order valence-electron chi connectivity index (χ0n) is 15.4. The molecule has 1 heterocycles. The van der Waals surface area contributed by atoms with Gasteiger partial charge in [0, 0.05) is 16.8 Å². The van der Waals surface area contributed by atoms with E-state index in [2.05, 4.69) is 22.1 Å². The summed E-state index contributed by atoms with van der Waals surface area (Å²) >= 11 is 6.26. The minimum atomic E-state index is -0.878. The van der Waals surface area contributed by atoms with Crippen LogP contribution in [-0.4, -0.2) is 21.4 Å². The van der Waals surface area contributed by atoms with E-state index in [-0.39, 0.29) is 16.8 Å². The van der Waals surface area contributed by atoms with Crippen molar-refractivity contribution in [2.75, 3.05) is 5.32 Å². The number of nitriles is 2. The third-order valence-electron chi connectivity index (χ3n) is 4.27. The molecule has 0 amide bonds. The average molecular weight is 406 g/mol. The molecule has 29 heavy (non-hydrogen) atoms. The second kappa shape index (κ2) is 8.57. The number of benzene rings is 2. The van der Waals surface area contributed by atoms with Gasteiger partial charge in [-0.25, -0.2) is 0 Å². The minimum Gasteiger partial charge on any atom is -0.418 e. The molecule has 2 atom stereocenters. The van der Waals surface area contributed by atoms with E-state index in [0.717, 1.165) is 0 Å². The highest BCUT2D eigenvalue weighted by molar-refractivity contribution is 6.33. The van der Waals surface area contributed by atoms with Crippen molar-refractivity contribution in [1.82, 2.24) is 10.2 Å². The number of rotatable bonds is 6. The van der Waals surface area contributed by atoms with E-state index in [1.165, 1.54) is 6.08 Å². The number of nitrogens with one attached hydrogen (secondary N) is 1. The Morgan fingerprint density at radius 2 is 1.90 bits per heavy atom. The predicted molar refractivity (Wildman–Crippen MR) is 109 cm³/mol. The number of nitrogens with zero attached hydrogens (tertiary/aromatic N) is 4. The number of anilines is 1. The Kier molecular flexibility index (Phi) is 5.94. The maximum atomic E-state index is 10.3. The van der Waals surface area contributed by atoms with Gasteiger partial charge in [-0.15, -0.1) is 10.2 Å². The second-order valence-electron chi connectivity index (χ2n) is 6.20. The van der Waals surface area contributed by atoms with Crippen molar-refractivity contribution >= 4 is 23.4 Å². The summed E-state index contributed by atoms with van der Waals surface area (Å²) < 4.78 is 5.75. The van der Waals surface area contributed by atoms with Gasteiger partial charge >= 0.3 is 0 Å². The first-order chi connectivity index (χ1) is 14.0. The van der Waals surface area contributed by atoms with Gasteiger partial charge in [0.05, 0.1) is 28.3 Å². The molecule has 2 aromatic carbocycles. The number of halogens is 1. The van der Waals surface area contributed by atoms with E-state index < -0.39 is 12.1 Å². The summed E-state index contributed by atoms with van der Waals surface area (Å²) in [6.07, 6.45) is 0.650. The maximum absolute atomic E-state index is 10.3. The van der Waals surface area contributed by atoms with E-state index in [1.54, 1.807) is 43.3 Å². The Morgan fingerprint density at radius 3 is 2.48 bits per heavy atom. The first-order valence-electron chi connectivity index (χ1n) is 8.62. The van der Waals surface area contributed by atoms with Crippen LogP contribution < -0.4 is 5.32 Å². The fourth-order valence-corrected chi connectivity index (χ4v) is 3.01. The van der Waals surface area contributed by atoms with Gasteiger partial charge < -0.3 is 14.8 Å². The summed E-state index contributed by atoms with van der Waals surface area (Å²) in [5.41, 5.74) is 2.59. The summed E-state index contributed by atoms with van der Waals surface area (Å²) in [6.45, 7) is 5.33. The highest BCUT2D eigenvalue weighted by Crippen LogP contribution is 2.32. The van der Waals surface area contributed by atoms with Gasteiger partial charge in [0.1, 0.15) is 12.1 Å². The molecule has 0 aliphatic heterocycles. The molecule has 0 spiro atoms. The van der Waals surface area contributed by atoms with Gasteiger partial charge in [0.2, 0.25) is 11.8 Å². The topological polar surface area (TPSA) is 119 Å². The van der Waals surface area contributed by atoms with Crippen LogP contribution in [0.1, 0.15) is 35.5 Å². The van der Waals surface area contributed by atoms with E-state index in [1.807, 2.05) is 12.1 Å². The molecule has 0 fully saturated rings. The number of aliphatic hydroxyl groups is 1. The Morgan fingerprint density at radius 1 is 1.17 bits per heavy atom. The summed E-state index contributed by atoms with van der Waals surface area (Å²) in [7, 11) is 0. The van der Waals surface area contributed by atoms with Gasteiger partial charge in [-0.1, -0.05) is 24.3 Å². The van der Waals surface area contributed by atoms with Crippen molar-refractivity contribution in [2.45, 2.75) is 19.1 Å². The monoisotopic (exact) mass is 405 g/mol. The summed E-state index contributed by atoms with van der Waals surface area (Å²) in [5.74, 6) is 0.439. The third-order valence-corrected chi connectivity index (χ3v) is 4.67. The lowest BCUT2D eigenvalue weighted by Gasteiger charge is -2.21. The molecule has 144 valence electrons. The van der Waals surface area contributed by atoms with Gasteiger partial charge in [-0.2, -0.15) is 10.5 Å². The average Bonchev–Trinajstić information content (AvgIpc) is 3.21. The van der Waals surface area contributed by atoms with E-state index >= 15 is 0 Å². The molecule has 1 unspecified atom stereocenters. The van der Waals surface area contributed by atoms with E-state index in [0.29, 0.717) is 27.9 Å². The maximum Gasteiger partial charge on any atom is 0.247 e. The van der Waals surface area contributed by atoms with Crippen molar-refractivity contribution in [2.24, 2.45) is 0 Å². The number of hydrogen-bond acceptors (Lipinski definition) is 7. The van der Waals surface area contributed by atoms with Crippen LogP contribution in [0.4, 0.5) is 5.69 Å². The molecule has 0 aliphatic rings. The Hall–Kier alpha value is -3.65. The van der Waals surface area contributed by atoms with Gasteiger partial charge in [0.15, 0.2) is 0 Å². The molecule has 3 aromatic rings. The number of hydrogen-bond donors (Lipinski definition) is 2. The smallest absolute Gasteiger partial charge is 0.247 e. The Bertz CT molecular complexity index is 1120. The number of aliphatic hydroxyl groups excluding tert-OH is 1. The Balaban J connectivity index is 1.93. The zero-order chi connectivity index (χ0) is 21.0. The molecule has 3 rings (SSSR count). The van der Waals surface area contributed by atoms with Gasteiger partial charge in [-0.3, -0.25) is 0 Å². The first-order valence-corrected chi connectivity index (χ1v) is 8.99. The molecule has 7 nitrogen and oxygen atoms in total. The molecule has 0 saturated carbocycles. The van der Waals surface area contributed by atoms with Crippen LogP contribution in [0.2, 0.25) is 5.02 Å². The summed E-state index contributed by atoms with van der Waals surface area (Å²) in [4.78, 5) is 0. The van der Waals surface area contributed by atoms with Crippen LogP contribution in [0.25, 0.3) is 17.5 Å². The molecule has 2 N–H and O–H groups in total. The lowest BCUT2D eigenvalue weighted by atomic mass is 10.1. The van der Waals surface area contributed by atoms with Crippen LogP contribution in [0.3, 0.4) is 0 Å². The molecular formula is C21H16ClN5O2. The zero-order valence-corrected chi connectivity index (χ0v) is 16.2. The molecule has 0 aliphatic carbocycles. The van der Waals surface area contributed by atoms with Crippen LogP contribution >= 0.6 is 11.6 Å². The fourth-order valence-electron chi connectivity index (χ4n) is 2.73. The third kappa shape index (κ3) is 4.12. The lowest BCUT2D eigenvalue weighted by molar-refractivity contribution is 0.159. The SMILES string of the molecule is C=Cc1c(NC(c2nnc(-c3ccc(C#N)cc3)o2)[C@H](C)O)ccc(C#N)c1Cl. The van der Waals surface area contributed by atoms with Crippen molar-refractivity contribution in [1.29, 1.82) is 10.5 Å². The standard InChI is InChI=1S/C21H16ClN5O2/c1-3-16-17(9-8-15(11-24)18(16)22)25-19(12(2)28)21-27-26-20(29-21)14-6-4-13(10-23)5-7-14/h3-9,12,19,25,28H,1H2,2H3/t12-,19?/m0/s1. The lowest BCUT2D eigenvalue weighted by Crippen LogP contribution is -2.23. The Labute approximate surface area is 172 Å². The largest absolute Gasteiger partial charge is 0.418 e. The minimum absolute atomic E-state index is 0.176. The second-order valence-corrected chi connectivity index (χ2v) is 6.58. The van der Waals surface area contributed by atoms with Gasteiger partial charge in [0.25, 0.3) is 0 Å². The van der Waals surface area contributed by atoms with E-state index in [4.69, 9.17) is 26.5 Å². The highest BCUT2D eigenvalue weighted by Gasteiger charge is 2.25.